The normalized spacial score (nSPS) is 12.9. The number of carbonyl (C=O) groups excluding carboxylic acids is 3. The maximum Gasteiger partial charge on any atom is 0.514 e. The first-order valence-corrected chi connectivity index (χ1v) is 11.8. The zero-order valence-electron chi connectivity index (χ0n) is 22.5. The highest BCUT2D eigenvalue weighted by atomic mass is 16.8. The van der Waals surface area contributed by atoms with Gasteiger partial charge in [-0.2, -0.15) is 0 Å². The van der Waals surface area contributed by atoms with E-state index in [1.54, 1.807) is 55.4 Å². The van der Waals surface area contributed by atoms with Crippen LogP contribution < -0.4 is 14.8 Å². The van der Waals surface area contributed by atoms with Gasteiger partial charge in [-0.05, 0) is 79.5 Å². The molecule has 0 aromatic heterocycles. The van der Waals surface area contributed by atoms with Crippen molar-refractivity contribution in [3.05, 3.63) is 23.8 Å². The van der Waals surface area contributed by atoms with E-state index in [2.05, 4.69) is 5.32 Å². The zero-order chi connectivity index (χ0) is 28.3. The van der Waals surface area contributed by atoms with Gasteiger partial charge in [0.15, 0.2) is 11.5 Å². The van der Waals surface area contributed by atoms with Gasteiger partial charge in [0.2, 0.25) is 0 Å². The molecule has 0 aliphatic rings. The molecule has 1 unspecified atom stereocenters. The van der Waals surface area contributed by atoms with Crippen LogP contribution in [0.4, 0.5) is 14.4 Å². The fraction of sp³-hybridized carbons (Fsp3) is 0.600. The Bertz CT molecular complexity index is 937. The molecule has 208 valence electrons. The lowest BCUT2D eigenvalue weighted by molar-refractivity contribution is -0.139. The molecular formula is C25H37NO11. The van der Waals surface area contributed by atoms with Gasteiger partial charge in [0, 0.05) is 6.54 Å². The minimum absolute atomic E-state index is 0.0303. The summed E-state index contributed by atoms with van der Waals surface area (Å²) in [4.78, 5) is 47.7. The number of carboxylic acid groups (broad SMARTS) is 1. The quantitative estimate of drug-likeness (QED) is 0.237. The van der Waals surface area contributed by atoms with E-state index in [-0.39, 0.29) is 24.5 Å². The number of ether oxygens (including phenoxy) is 6. The molecule has 2 N–H and O–H groups in total. The Morgan fingerprint density at radius 3 is 1.86 bits per heavy atom. The van der Waals surface area contributed by atoms with Crippen LogP contribution in [0.25, 0.3) is 0 Å². The lowest BCUT2D eigenvalue weighted by atomic mass is 10.0. The number of hydrogen-bond donors (Lipinski definition) is 2. The molecule has 12 nitrogen and oxygen atoms in total. The monoisotopic (exact) mass is 527 g/mol. The molecule has 0 saturated heterocycles. The van der Waals surface area contributed by atoms with Gasteiger partial charge in [-0.3, -0.25) is 4.79 Å². The zero-order valence-corrected chi connectivity index (χ0v) is 22.5. The molecule has 0 fully saturated rings. The van der Waals surface area contributed by atoms with E-state index in [9.17, 15) is 24.3 Å². The summed E-state index contributed by atoms with van der Waals surface area (Å²) >= 11 is 0. The Morgan fingerprint density at radius 2 is 1.38 bits per heavy atom. The van der Waals surface area contributed by atoms with Crippen LogP contribution in [-0.2, 0) is 30.2 Å². The van der Waals surface area contributed by atoms with Crippen molar-refractivity contribution >= 4 is 24.4 Å². The third-order valence-corrected chi connectivity index (χ3v) is 4.14. The van der Waals surface area contributed by atoms with Crippen molar-refractivity contribution in [2.75, 3.05) is 6.54 Å². The minimum Gasteiger partial charge on any atom is -0.480 e. The molecule has 1 aromatic rings. The molecule has 1 aromatic carbocycles. The van der Waals surface area contributed by atoms with E-state index >= 15 is 0 Å². The summed E-state index contributed by atoms with van der Waals surface area (Å²) in [6.45, 7) is 13.2. The molecule has 0 heterocycles. The largest absolute Gasteiger partial charge is 0.514 e. The van der Waals surface area contributed by atoms with E-state index in [1.165, 1.54) is 18.2 Å². The number of carbonyl (C=O) groups is 4. The van der Waals surface area contributed by atoms with E-state index in [0.717, 1.165) is 0 Å². The second-order valence-electron chi connectivity index (χ2n) is 9.71. The van der Waals surface area contributed by atoms with E-state index in [4.69, 9.17) is 28.4 Å². The van der Waals surface area contributed by atoms with Crippen LogP contribution >= 0.6 is 0 Å². The Hall–Kier alpha value is -3.54. The van der Waals surface area contributed by atoms with E-state index in [0.29, 0.717) is 5.56 Å². The van der Waals surface area contributed by atoms with Gasteiger partial charge in [0.1, 0.15) is 17.7 Å². The topological polar surface area (TPSA) is 156 Å². The number of aliphatic carboxylic acids is 1. The fourth-order valence-electron chi connectivity index (χ4n) is 2.73. The highest BCUT2D eigenvalue weighted by Gasteiger charge is 2.24. The number of hydrogen-bond acceptors (Lipinski definition) is 11. The lowest BCUT2D eigenvalue weighted by Crippen LogP contribution is -2.43. The molecule has 1 rings (SSSR count). The Labute approximate surface area is 216 Å². The molecule has 0 aliphatic heterocycles. The van der Waals surface area contributed by atoms with Crippen molar-refractivity contribution in [1.29, 1.82) is 0 Å². The SMILES string of the molecule is CC(C)OC(=O)Oc1ccc(C[C@H](NCC(C)OC(=O)OC(C)(C)C)C(=O)O)cc1OC(=O)OC(C)C. The average Bonchev–Trinajstić information content (AvgIpc) is 2.69. The second-order valence-corrected chi connectivity index (χ2v) is 9.71. The molecule has 12 heteroatoms. The van der Waals surface area contributed by atoms with Gasteiger partial charge in [-0.1, -0.05) is 6.07 Å². The van der Waals surface area contributed by atoms with Gasteiger partial charge < -0.3 is 38.8 Å². The van der Waals surface area contributed by atoms with Crippen molar-refractivity contribution in [3.8, 4) is 11.5 Å². The fourth-order valence-corrected chi connectivity index (χ4v) is 2.73. The Morgan fingerprint density at radius 1 is 0.838 bits per heavy atom. The molecule has 0 amide bonds. The predicted molar refractivity (Wildman–Crippen MR) is 131 cm³/mol. The number of rotatable bonds is 11. The van der Waals surface area contributed by atoms with E-state index < -0.39 is 54.4 Å². The van der Waals surface area contributed by atoms with Crippen LogP contribution in [0.5, 0.6) is 11.5 Å². The predicted octanol–water partition coefficient (Wildman–Crippen LogP) is 4.46. The molecule has 0 bridgehead atoms. The summed E-state index contributed by atoms with van der Waals surface area (Å²) in [6.07, 6.45) is -4.52. The van der Waals surface area contributed by atoms with Crippen LogP contribution in [-0.4, -0.2) is 66.0 Å². The number of nitrogens with one attached hydrogen (secondary N) is 1. The molecule has 0 saturated carbocycles. The second kappa shape index (κ2) is 14.3. The Balaban J connectivity index is 2.98. The maximum atomic E-state index is 12.1. The van der Waals surface area contributed by atoms with Crippen LogP contribution in [0.1, 0.15) is 61.0 Å². The molecule has 0 aliphatic carbocycles. The number of carboxylic acids is 1. The van der Waals surface area contributed by atoms with Crippen LogP contribution in [0, 0.1) is 0 Å². The molecule has 0 radical (unpaired) electrons. The van der Waals surface area contributed by atoms with Crippen molar-refractivity contribution in [1.82, 2.24) is 5.32 Å². The van der Waals surface area contributed by atoms with Crippen molar-refractivity contribution < 1.29 is 52.7 Å². The van der Waals surface area contributed by atoms with Gasteiger partial charge >= 0.3 is 24.4 Å². The first-order valence-electron chi connectivity index (χ1n) is 11.8. The third kappa shape index (κ3) is 13.4. The summed E-state index contributed by atoms with van der Waals surface area (Å²) in [5.74, 6) is -1.43. The van der Waals surface area contributed by atoms with Gasteiger partial charge in [-0.15, -0.1) is 0 Å². The summed E-state index contributed by atoms with van der Waals surface area (Å²) in [5.41, 5.74) is -0.283. The first kappa shape index (κ1) is 31.5. The Kier molecular flexibility index (Phi) is 12.1. The molecule has 0 spiro atoms. The molecular weight excluding hydrogens is 490 g/mol. The van der Waals surface area contributed by atoms with Gasteiger partial charge in [0.25, 0.3) is 0 Å². The van der Waals surface area contributed by atoms with Crippen molar-refractivity contribution in [2.24, 2.45) is 0 Å². The average molecular weight is 528 g/mol. The van der Waals surface area contributed by atoms with Crippen LogP contribution in [0.15, 0.2) is 18.2 Å². The lowest BCUT2D eigenvalue weighted by Gasteiger charge is -2.22. The first-order chi connectivity index (χ1) is 17.1. The van der Waals surface area contributed by atoms with Crippen molar-refractivity contribution in [3.63, 3.8) is 0 Å². The van der Waals surface area contributed by atoms with Gasteiger partial charge in [0.05, 0.1) is 12.2 Å². The smallest absolute Gasteiger partial charge is 0.480 e. The molecule has 2 atom stereocenters. The van der Waals surface area contributed by atoms with Crippen molar-refractivity contribution in [2.45, 2.75) is 91.8 Å². The summed E-state index contributed by atoms with van der Waals surface area (Å²) < 4.78 is 30.5. The highest BCUT2D eigenvalue weighted by molar-refractivity contribution is 5.74. The van der Waals surface area contributed by atoms with E-state index in [1.807, 2.05) is 0 Å². The maximum absolute atomic E-state index is 12.1. The molecule has 37 heavy (non-hydrogen) atoms. The van der Waals surface area contributed by atoms with Gasteiger partial charge in [-0.25, -0.2) is 14.4 Å². The van der Waals surface area contributed by atoms with Crippen LogP contribution in [0.3, 0.4) is 0 Å². The summed E-state index contributed by atoms with van der Waals surface area (Å²) in [7, 11) is 0. The standard InChI is InChI=1S/C25H37NO11/c1-14(2)32-22(29)35-19-10-9-17(12-20(19)36-23(30)33-15(3)4)11-18(21(27)28)26-13-16(5)34-24(31)37-25(6,7)8/h9-10,12,14-16,18,26H,11,13H2,1-8H3,(H,27,28)/t16?,18-/m0/s1. The minimum atomic E-state index is -1.16. The highest BCUT2D eigenvalue weighted by Crippen LogP contribution is 2.30. The summed E-state index contributed by atoms with van der Waals surface area (Å²) in [5, 5.41) is 12.5. The summed E-state index contributed by atoms with van der Waals surface area (Å²) in [6, 6.07) is 3.13. The third-order valence-electron chi connectivity index (χ3n) is 4.14. The van der Waals surface area contributed by atoms with Crippen LogP contribution in [0.2, 0.25) is 0 Å². The number of benzene rings is 1.